The molecule has 2 nitrogen and oxygen atoms in total. The minimum Gasteiger partial charge on any atom is -0.375 e. The largest absolute Gasteiger partial charge is 0.375 e. The first kappa shape index (κ1) is 20.0. The maximum absolute atomic E-state index is 14.6. The Bertz CT molecular complexity index is 356. The van der Waals surface area contributed by atoms with Crippen LogP contribution < -0.4 is 0 Å². The Hall–Kier alpha value is -0.290. The second-order valence-electron chi connectivity index (χ2n) is 7.39. The number of ether oxygens (including phenoxy) is 2. The molecule has 0 aromatic heterocycles. The fourth-order valence-electron chi connectivity index (χ4n) is 4.13. The number of hydrogen-bond acceptors (Lipinski definition) is 2. The van der Waals surface area contributed by atoms with E-state index in [9.17, 15) is 13.2 Å². The molecular formula is C19H33F3O2. The second kappa shape index (κ2) is 10.0. The van der Waals surface area contributed by atoms with Gasteiger partial charge in [0.25, 0.3) is 0 Å². The quantitative estimate of drug-likeness (QED) is 0.561. The molecule has 0 radical (unpaired) electrons. The molecule has 0 spiro atoms. The summed E-state index contributed by atoms with van der Waals surface area (Å²) >= 11 is 0. The van der Waals surface area contributed by atoms with Crippen LogP contribution in [-0.2, 0) is 9.47 Å². The number of rotatable bonds is 8. The first-order valence-corrected chi connectivity index (χ1v) is 9.73. The van der Waals surface area contributed by atoms with Gasteiger partial charge in [-0.2, -0.15) is 0 Å². The predicted octanol–water partition coefficient (Wildman–Crippen LogP) is 5.19. The summed E-state index contributed by atoms with van der Waals surface area (Å²) in [7, 11) is 0. The fourth-order valence-corrected chi connectivity index (χ4v) is 4.13. The highest BCUT2D eigenvalue weighted by molar-refractivity contribution is 4.94. The monoisotopic (exact) mass is 350 g/mol. The smallest absolute Gasteiger partial charge is 0.157 e. The first-order chi connectivity index (χ1) is 11.6. The van der Waals surface area contributed by atoms with Crippen LogP contribution >= 0.6 is 0 Å². The minimum atomic E-state index is -1.58. The standard InChI is InChI=1S/C19H33F3O2/c1-3-5-11-24-16-8-6-13(12-15(16)20)14-7-9-17(23-10-4-2)19(22)18(14)21/h13-19H,3-12H2,1-2H3. The molecule has 7 atom stereocenters. The van der Waals surface area contributed by atoms with Crippen molar-refractivity contribution in [1.82, 2.24) is 0 Å². The molecule has 0 aromatic rings. The summed E-state index contributed by atoms with van der Waals surface area (Å²) in [5.74, 6) is -0.456. The van der Waals surface area contributed by atoms with Crippen molar-refractivity contribution in [2.75, 3.05) is 13.2 Å². The van der Waals surface area contributed by atoms with Crippen molar-refractivity contribution in [2.45, 2.75) is 95.9 Å². The van der Waals surface area contributed by atoms with E-state index in [1.807, 2.05) is 6.92 Å². The van der Waals surface area contributed by atoms with Gasteiger partial charge in [-0.15, -0.1) is 0 Å². The zero-order valence-electron chi connectivity index (χ0n) is 15.1. The Labute approximate surface area is 144 Å². The first-order valence-electron chi connectivity index (χ1n) is 9.73. The van der Waals surface area contributed by atoms with Gasteiger partial charge in [-0.1, -0.05) is 20.3 Å². The summed E-state index contributed by atoms with van der Waals surface area (Å²) < 4.78 is 54.3. The Balaban J connectivity index is 1.82. The van der Waals surface area contributed by atoms with Gasteiger partial charge in [0.2, 0.25) is 0 Å². The van der Waals surface area contributed by atoms with E-state index in [1.54, 1.807) is 0 Å². The second-order valence-corrected chi connectivity index (χ2v) is 7.39. The van der Waals surface area contributed by atoms with Crippen LogP contribution in [0.5, 0.6) is 0 Å². The van der Waals surface area contributed by atoms with Gasteiger partial charge in [0.15, 0.2) is 6.17 Å². The lowest BCUT2D eigenvalue weighted by Gasteiger charge is -2.42. The lowest BCUT2D eigenvalue weighted by Crippen LogP contribution is -2.47. The fraction of sp³-hybridized carbons (Fsp3) is 1.00. The highest BCUT2D eigenvalue weighted by Crippen LogP contribution is 2.42. The lowest BCUT2D eigenvalue weighted by atomic mass is 9.70. The third-order valence-corrected chi connectivity index (χ3v) is 5.58. The Morgan fingerprint density at radius 2 is 1.50 bits per heavy atom. The molecule has 24 heavy (non-hydrogen) atoms. The molecule has 5 heteroatoms. The van der Waals surface area contributed by atoms with E-state index in [1.165, 1.54) is 0 Å². The SMILES string of the molecule is CCCCOC1CCC(C2CCC(OCCC)C(F)C2F)CC1F. The van der Waals surface area contributed by atoms with E-state index < -0.39 is 24.6 Å². The van der Waals surface area contributed by atoms with Crippen molar-refractivity contribution < 1.29 is 22.6 Å². The van der Waals surface area contributed by atoms with E-state index in [4.69, 9.17) is 9.47 Å². The third kappa shape index (κ3) is 5.10. The number of hydrogen-bond donors (Lipinski definition) is 0. The molecule has 142 valence electrons. The molecule has 2 saturated carbocycles. The molecule has 0 amide bonds. The summed E-state index contributed by atoms with van der Waals surface area (Å²) in [5, 5.41) is 0. The van der Waals surface area contributed by atoms with Gasteiger partial charge in [0.1, 0.15) is 12.3 Å². The van der Waals surface area contributed by atoms with Gasteiger partial charge in [-0.05, 0) is 56.8 Å². The topological polar surface area (TPSA) is 18.5 Å². The van der Waals surface area contributed by atoms with Crippen molar-refractivity contribution in [3.63, 3.8) is 0 Å². The van der Waals surface area contributed by atoms with Crippen LogP contribution in [0.25, 0.3) is 0 Å². The highest BCUT2D eigenvalue weighted by Gasteiger charge is 2.46. The van der Waals surface area contributed by atoms with Gasteiger partial charge in [-0.25, -0.2) is 13.2 Å². The molecule has 0 heterocycles. The summed E-state index contributed by atoms with van der Waals surface area (Å²) in [6.45, 7) is 5.08. The molecule has 0 N–H and O–H groups in total. The Morgan fingerprint density at radius 1 is 0.792 bits per heavy atom. The molecule has 0 aliphatic heterocycles. The molecule has 7 unspecified atom stereocenters. The third-order valence-electron chi connectivity index (χ3n) is 5.58. The van der Waals surface area contributed by atoms with Gasteiger partial charge in [-0.3, -0.25) is 0 Å². The number of unbranched alkanes of at least 4 members (excludes halogenated alkanes) is 1. The van der Waals surface area contributed by atoms with Gasteiger partial charge < -0.3 is 9.47 Å². The van der Waals surface area contributed by atoms with E-state index in [-0.39, 0.29) is 17.9 Å². The van der Waals surface area contributed by atoms with E-state index in [0.29, 0.717) is 38.9 Å². The van der Waals surface area contributed by atoms with Crippen molar-refractivity contribution in [1.29, 1.82) is 0 Å². The average Bonchev–Trinajstić information content (AvgIpc) is 2.58. The van der Waals surface area contributed by atoms with Gasteiger partial charge in [0.05, 0.1) is 12.2 Å². The van der Waals surface area contributed by atoms with Crippen molar-refractivity contribution in [3.05, 3.63) is 0 Å². The molecular weight excluding hydrogens is 317 g/mol. The minimum absolute atomic E-state index is 0.0774. The van der Waals surface area contributed by atoms with Crippen LogP contribution in [0, 0.1) is 11.8 Å². The molecule has 2 aliphatic carbocycles. The summed E-state index contributed by atoms with van der Waals surface area (Å²) in [4.78, 5) is 0. The average molecular weight is 350 g/mol. The molecule has 2 aliphatic rings. The zero-order valence-corrected chi connectivity index (χ0v) is 15.1. The van der Waals surface area contributed by atoms with Gasteiger partial charge >= 0.3 is 0 Å². The van der Waals surface area contributed by atoms with Gasteiger partial charge in [0, 0.05) is 13.2 Å². The Morgan fingerprint density at radius 3 is 2.17 bits per heavy atom. The van der Waals surface area contributed by atoms with E-state index in [0.717, 1.165) is 25.7 Å². The van der Waals surface area contributed by atoms with Crippen molar-refractivity contribution >= 4 is 0 Å². The molecule has 0 bridgehead atoms. The molecule has 0 saturated heterocycles. The number of halogens is 3. The lowest BCUT2D eigenvalue weighted by molar-refractivity contribution is -0.0992. The molecule has 0 aromatic carbocycles. The van der Waals surface area contributed by atoms with Crippen LogP contribution in [0.3, 0.4) is 0 Å². The maximum atomic E-state index is 14.6. The predicted molar refractivity (Wildman–Crippen MR) is 89.4 cm³/mol. The van der Waals surface area contributed by atoms with E-state index in [2.05, 4.69) is 6.92 Å². The van der Waals surface area contributed by atoms with Crippen molar-refractivity contribution in [2.24, 2.45) is 11.8 Å². The van der Waals surface area contributed by atoms with Crippen molar-refractivity contribution in [3.8, 4) is 0 Å². The Kier molecular flexibility index (Phi) is 8.35. The molecule has 2 rings (SSSR count). The van der Waals surface area contributed by atoms with Crippen LogP contribution in [0.1, 0.15) is 65.2 Å². The van der Waals surface area contributed by atoms with Crippen LogP contribution in [-0.4, -0.2) is 43.9 Å². The summed E-state index contributed by atoms with van der Waals surface area (Å²) in [6.07, 6.45) is 0.377. The number of alkyl halides is 3. The zero-order chi connectivity index (χ0) is 17.5. The highest BCUT2D eigenvalue weighted by atomic mass is 19.2. The molecule has 2 fully saturated rings. The maximum Gasteiger partial charge on any atom is 0.157 e. The van der Waals surface area contributed by atoms with Crippen LogP contribution in [0.4, 0.5) is 13.2 Å². The van der Waals surface area contributed by atoms with E-state index >= 15 is 0 Å². The van der Waals surface area contributed by atoms with Crippen LogP contribution in [0.15, 0.2) is 0 Å². The summed E-state index contributed by atoms with van der Waals surface area (Å²) in [5.41, 5.74) is 0. The summed E-state index contributed by atoms with van der Waals surface area (Å²) in [6, 6.07) is 0. The van der Waals surface area contributed by atoms with Crippen LogP contribution in [0.2, 0.25) is 0 Å². The normalized spacial score (nSPS) is 40.6.